The Morgan fingerprint density at radius 2 is 2.29 bits per heavy atom. The van der Waals surface area contributed by atoms with Gasteiger partial charge in [-0.3, -0.25) is 9.69 Å². The molecule has 2 fully saturated rings. The zero-order valence-electron chi connectivity index (χ0n) is 9.88. The van der Waals surface area contributed by atoms with E-state index in [2.05, 4.69) is 6.08 Å². The van der Waals surface area contributed by atoms with Gasteiger partial charge in [-0.05, 0) is 13.3 Å². The summed E-state index contributed by atoms with van der Waals surface area (Å²) in [5.74, 6) is -0.102. The molecule has 4 atom stereocenters. The molecule has 1 saturated carbocycles. The third-order valence-electron chi connectivity index (χ3n) is 4.14. The molecule has 1 aliphatic heterocycles. The van der Waals surface area contributed by atoms with Crippen molar-refractivity contribution < 1.29 is 19.1 Å². The van der Waals surface area contributed by atoms with Gasteiger partial charge in [0.1, 0.15) is 0 Å². The van der Waals surface area contributed by atoms with Crippen molar-refractivity contribution in [2.24, 2.45) is 11.8 Å². The minimum atomic E-state index is -0.349. The number of hydrogen-bond donors (Lipinski definition) is 0. The summed E-state index contributed by atoms with van der Waals surface area (Å²) in [6.45, 7) is 2.17. The highest BCUT2D eigenvalue weighted by Crippen LogP contribution is 2.65. The number of carbonyl (C=O) groups excluding carboxylic acids is 2. The predicted molar refractivity (Wildman–Crippen MR) is 58.1 cm³/mol. The Bertz CT molecular complexity index is 419. The van der Waals surface area contributed by atoms with E-state index in [1.807, 2.05) is 6.08 Å². The minimum Gasteiger partial charge on any atom is -0.466 e. The summed E-state index contributed by atoms with van der Waals surface area (Å²) in [4.78, 5) is 25.1. The lowest BCUT2D eigenvalue weighted by molar-refractivity contribution is -0.148. The van der Waals surface area contributed by atoms with Gasteiger partial charge in [0, 0.05) is 5.92 Å². The van der Waals surface area contributed by atoms with Gasteiger partial charge in [-0.1, -0.05) is 12.2 Å². The van der Waals surface area contributed by atoms with E-state index in [1.54, 1.807) is 11.8 Å². The Balaban J connectivity index is 1.80. The third-order valence-corrected chi connectivity index (χ3v) is 4.14. The standard InChI is InChI=1S/C12H15NO4/c1-3-17-10(14)8-6-7-4-5-12(7)9(8)13(12)11(15)16-2/h4-5,7-9H,3,6H2,1-2H3. The number of hydrogen-bond acceptors (Lipinski definition) is 4. The quantitative estimate of drug-likeness (QED) is 0.407. The molecule has 1 heterocycles. The largest absolute Gasteiger partial charge is 0.466 e. The van der Waals surface area contributed by atoms with Crippen molar-refractivity contribution >= 4 is 12.1 Å². The first kappa shape index (κ1) is 10.6. The molecule has 0 aromatic heterocycles. The normalized spacial score (nSPS) is 40.1. The van der Waals surface area contributed by atoms with Crippen LogP contribution >= 0.6 is 0 Å². The first-order chi connectivity index (χ1) is 8.16. The van der Waals surface area contributed by atoms with E-state index >= 15 is 0 Å². The molecule has 3 aliphatic rings. The average molecular weight is 237 g/mol. The number of amides is 1. The fourth-order valence-corrected chi connectivity index (χ4v) is 3.37. The molecule has 92 valence electrons. The number of rotatable bonds is 2. The molecular formula is C12H15NO4. The first-order valence-electron chi connectivity index (χ1n) is 5.90. The van der Waals surface area contributed by atoms with Gasteiger partial charge in [0.25, 0.3) is 0 Å². The zero-order valence-corrected chi connectivity index (χ0v) is 9.88. The molecule has 1 spiro atoms. The molecule has 17 heavy (non-hydrogen) atoms. The van der Waals surface area contributed by atoms with E-state index in [1.165, 1.54) is 7.11 Å². The van der Waals surface area contributed by atoms with E-state index < -0.39 is 0 Å². The van der Waals surface area contributed by atoms with Crippen LogP contribution in [0.3, 0.4) is 0 Å². The predicted octanol–water partition coefficient (Wildman–Crippen LogP) is 0.945. The van der Waals surface area contributed by atoms with Crippen molar-refractivity contribution in [3.05, 3.63) is 12.2 Å². The van der Waals surface area contributed by atoms with Crippen LogP contribution in [0.2, 0.25) is 0 Å². The maximum absolute atomic E-state index is 11.8. The van der Waals surface area contributed by atoms with E-state index in [0.717, 1.165) is 6.42 Å². The molecule has 5 nitrogen and oxygen atoms in total. The van der Waals surface area contributed by atoms with E-state index in [4.69, 9.17) is 9.47 Å². The van der Waals surface area contributed by atoms with Crippen molar-refractivity contribution in [2.75, 3.05) is 13.7 Å². The molecule has 3 rings (SSSR count). The van der Waals surface area contributed by atoms with Gasteiger partial charge in [-0.15, -0.1) is 0 Å². The molecule has 2 aliphatic carbocycles. The van der Waals surface area contributed by atoms with Gasteiger partial charge in [0.05, 0.1) is 31.2 Å². The Morgan fingerprint density at radius 1 is 1.53 bits per heavy atom. The summed E-state index contributed by atoms with van der Waals surface area (Å²) in [7, 11) is 1.36. The second kappa shape index (κ2) is 3.24. The zero-order chi connectivity index (χ0) is 12.2. The number of esters is 1. The lowest BCUT2D eigenvalue weighted by Gasteiger charge is -2.27. The molecule has 0 aromatic rings. The van der Waals surface area contributed by atoms with Crippen LogP contribution in [0.4, 0.5) is 4.79 Å². The van der Waals surface area contributed by atoms with Crippen molar-refractivity contribution in [2.45, 2.75) is 24.9 Å². The fraction of sp³-hybridized carbons (Fsp3) is 0.667. The van der Waals surface area contributed by atoms with Gasteiger partial charge >= 0.3 is 12.1 Å². The Labute approximate surface area is 99.4 Å². The summed E-state index contributed by atoms with van der Waals surface area (Å²) in [6.07, 6.45) is 4.51. The number of carbonyl (C=O) groups is 2. The number of nitrogens with zero attached hydrogens (tertiary/aromatic N) is 1. The Hall–Kier alpha value is -1.52. The van der Waals surface area contributed by atoms with Crippen molar-refractivity contribution in [1.29, 1.82) is 0 Å². The highest BCUT2D eigenvalue weighted by molar-refractivity contribution is 5.83. The number of likely N-dealkylation sites (tertiary alicyclic amines) is 1. The van der Waals surface area contributed by atoms with Gasteiger partial charge in [-0.2, -0.15) is 0 Å². The summed E-state index contributed by atoms with van der Waals surface area (Å²) < 4.78 is 9.81. The Kier molecular flexibility index (Phi) is 2.03. The van der Waals surface area contributed by atoms with Crippen LogP contribution in [-0.4, -0.2) is 42.3 Å². The fourth-order valence-electron chi connectivity index (χ4n) is 3.37. The molecule has 1 amide bonds. The second-order valence-corrected chi connectivity index (χ2v) is 4.73. The summed E-state index contributed by atoms with van der Waals surface area (Å²) in [5, 5.41) is 0. The summed E-state index contributed by atoms with van der Waals surface area (Å²) >= 11 is 0. The monoisotopic (exact) mass is 237 g/mol. The van der Waals surface area contributed by atoms with E-state index in [-0.39, 0.29) is 29.6 Å². The number of methoxy groups -OCH3 is 1. The smallest absolute Gasteiger partial charge is 0.410 e. The number of piperidine rings is 1. The van der Waals surface area contributed by atoms with Gasteiger partial charge in [0.2, 0.25) is 0 Å². The third kappa shape index (κ3) is 1.09. The summed E-state index contributed by atoms with van der Waals surface area (Å²) in [5.41, 5.74) is -0.232. The van der Waals surface area contributed by atoms with Gasteiger partial charge in [0.15, 0.2) is 0 Å². The molecule has 4 unspecified atom stereocenters. The molecule has 0 bridgehead atoms. The van der Waals surface area contributed by atoms with Crippen molar-refractivity contribution in [3.8, 4) is 0 Å². The topological polar surface area (TPSA) is 55.6 Å². The maximum Gasteiger partial charge on any atom is 0.410 e. The Morgan fingerprint density at radius 3 is 2.82 bits per heavy atom. The van der Waals surface area contributed by atoms with Crippen molar-refractivity contribution in [3.63, 3.8) is 0 Å². The lowest BCUT2D eigenvalue weighted by atomic mass is 9.83. The maximum atomic E-state index is 11.8. The minimum absolute atomic E-state index is 0.0519. The van der Waals surface area contributed by atoms with Crippen LogP contribution < -0.4 is 0 Å². The molecular weight excluding hydrogens is 222 g/mol. The average Bonchev–Trinajstić information content (AvgIpc) is 2.94. The summed E-state index contributed by atoms with van der Waals surface area (Å²) in [6, 6.07) is -0.0519. The second-order valence-electron chi connectivity index (χ2n) is 4.73. The molecule has 0 radical (unpaired) electrons. The molecule has 1 saturated heterocycles. The number of ether oxygens (including phenoxy) is 2. The van der Waals surface area contributed by atoms with Crippen LogP contribution in [0, 0.1) is 11.8 Å². The van der Waals surface area contributed by atoms with Crippen LogP contribution in [0.25, 0.3) is 0 Å². The highest BCUT2D eigenvalue weighted by Gasteiger charge is 2.78. The molecule has 0 aromatic carbocycles. The highest BCUT2D eigenvalue weighted by atomic mass is 16.5. The molecule has 5 heteroatoms. The van der Waals surface area contributed by atoms with E-state index in [0.29, 0.717) is 12.5 Å². The van der Waals surface area contributed by atoms with Crippen LogP contribution in [0.5, 0.6) is 0 Å². The van der Waals surface area contributed by atoms with Gasteiger partial charge < -0.3 is 9.47 Å². The van der Waals surface area contributed by atoms with Crippen LogP contribution in [0.1, 0.15) is 13.3 Å². The van der Waals surface area contributed by atoms with Crippen molar-refractivity contribution in [1.82, 2.24) is 4.90 Å². The SMILES string of the molecule is CCOC(=O)C1CC2C=CC23C1N3C(=O)OC. The van der Waals surface area contributed by atoms with E-state index in [9.17, 15) is 9.59 Å². The lowest BCUT2D eigenvalue weighted by Crippen LogP contribution is -2.35. The van der Waals surface area contributed by atoms with Gasteiger partial charge in [-0.25, -0.2) is 4.79 Å². The van der Waals surface area contributed by atoms with Crippen LogP contribution in [0.15, 0.2) is 12.2 Å². The molecule has 0 N–H and O–H groups in total. The van der Waals surface area contributed by atoms with Crippen LogP contribution in [-0.2, 0) is 14.3 Å². The first-order valence-corrected chi connectivity index (χ1v) is 5.90.